The maximum Gasteiger partial charge on any atom is 0.140 e. The molecule has 0 aliphatic carbocycles. The van der Waals surface area contributed by atoms with Gasteiger partial charge in [0.05, 0.1) is 5.52 Å². The fourth-order valence-corrected chi connectivity index (χ4v) is 2.03. The van der Waals surface area contributed by atoms with E-state index in [4.69, 9.17) is 0 Å². The van der Waals surface area contributed by atoms with Crippen LogP contribution in [0.5, 0.6) is 0 Å². The topological polar surface area (TPSA) is 29.0 Å². The van der Waals surface area contributed by atoms with Crippen molar-refractivity contribution in [1.29, 1.82) is 0 Å². The highest BCUT2D eigenvalue weighted by Crippen LogP contribution is 2.23. The van der Waals surface area contributed by atoms with Crippen LogP contribution in [0.1, 0.15) is 26.6 Å². The third-order valence-corrected chi connectivity index (χ3v) is 3.01. The summed E-state index contributed by atoms with van der Waals surface area (Å²) in [5, 5.41) is 1.15. The van der Waals surface area contributed by atoms with Gasteiger partial charge in [0.25, 0.3) is 0 Å². The summed E-state index contributed by atoms with van der Waals surface area (Å²) < 4.78 is 0. The van der Waals surface area contributed by atoms with Crippen LogP contribution in [0.2, 0.25) is 0 Å². The first-order valence-corrected chi connectivity index (χ1v) is 6.30. The van der Waals surface area contributed by atoms with Gasteiger partial charge in [-0.3, -0.25) is 0 Å². The molecular formula is C14H19N3. The number of anilines is 1. The van der Waals surface area contributed by atoms with Crippen molar-refractivity contribution >= 4 is 16.7 Å². The maximum absolute atomic E-state index is 4.68. The molecule has 0 radical (unpaired) electrons. The summed E-state index contributed by atoms with van der Waals surface area (Å²) in [5.41, 5.74) is 1.04. The van der Waals surface area contributed by atoms with E-state index in [0.717, 1.165) is 42.1 Å². The molecule has 3 heteroatoms. The highest BCUT2D eigenvalue weighted by Gasteiger charge is 2.10. The maximum atomic E-state index is 4.68. The summed E-state index contributed by atoms with van der Waals surface area (Å²) in [6.45, 7) is 8.36. The van der Waals surface area contributed by atoms with Gasteiger partial charge in [-0.05, 0) is 26.0 Å². The molecule has 0 aliphatic heterocycles. The molecule has 1 aromatic carbocycles. The Morgan fingerprint density at radius 2 is 1.71 bits per heavy atom. The van der Waals surface area contributed by atoms with Crippen molar-refractivity contribution in [2.45, 2.75) is 27.2 Å². The van der Waals surface area contributed by atoms with Crippen LogP contribution >= 0.6 is 0 Å². The molecule has 2 aromatic rings. The van der Waals surface area contributed by atoms with Crippen LogP contribution in [0, 0.1) is 0 Å². The summed E-state index contributed by atoms with van der Waals surface area (Å²) in [6, 6.07) is 8.23. The van der Waals surface area contributed by atoms with Gasteiger partial charge in [-0.15, -0.1) is 0 Å². The van der Waals surface area contributed by atoms with Gasteiger partial charge in [0.15, 0.2) is 0 Å². The molecule has 0 fully saturated rings. The second-order valence-electron chi connectivity index (χ2n) is 4.01. The molecule has 0 amide bonds. The zero-order valence-corrected chi connectivity index (χ0v) is 10.8. The molecule has 0 aliphatic rings. The van der Waals surface area contributed by atoms with Crippen molar-refractivity contribution in [3.05, 3.63) is 30.1 Å². The molecular weight excluding hydrogens is 210 g/mol. The molecule has 1 heterocycles. The lowest BCUT2D eigenvalue weighted by atomic mass is 10.2. The van der Waals surface area contributed by atoms with Gasteiger partial charge in [0, 0.05) is 24.9 Å². The molecule has 0 spiro atoms. The zero-order valence-electron chi connectivity index (χ0n) is 10.8. The van der Waals surface area contributed by atoms with Crippen LogP contribution in [0.15, 0.2) is 24.3 Å². The van der Waals surface area contributed by atoms with Gasteiger partial charge in [-0.25, -0.2) is 9.97 Å². The number of aryl methyl sites for hydroxylation is 1. The summed E-state index contributed by atoms with van der Waals surface area (Å²) in [7, 11) is 0. The summed E-state index contributed by atoms with van der Waals surface area (Å²) >= 11 is 0. The van der Waals surface area contributed by atoms with Crippen molar-refractivity contribution in [3.8, 4) is 0 Å². The number of aromatic nitrogens is 2. The third kappa shape index (κ3) is 2.23. The molecule has 0 bridgehead atoms. The monoisotopic (exact) mass is 229 g/mol. The second kappa shape index (κ2) is 5.13. The number of nitrogens with zero attached hydrogens (tertiary/aromatic N) is 3. The number of hydrogen-bond acceptors (Lipinski definition) is 3. The van der Waals surface area contributed by atoms with Crippen molar-refractivity contribution in [3.63, 3.8) is 0 Å². The zero-order chi connectivity index (χ0) is 12.3. The van der Waals surface area contributed by atoms with Gasteiger partial charge in [0.2, 0.25) is 0 Å². The van der Waals surface area contributed by atoms with Gasteiger partial charge in [-0.1, -0.05) is 19.1 Å². The smallest absolute Gasteiger partial charge is 0.140 e. The summed E-state index contributed by atoms with van der Waals surface area (Å²) in [5.74, 6) is 1.99. The molecule has 17 heavy (non-hydrogen) atoms. The van der Waals surface area contributed by atoms with Crippen LogP contribution < -0.4 is 4.90 Å². The van der Waals surface area contributed by atoms with E-state index in [1.165, 1.54) is 0 Å². The Morgan fingerprint density at radius 1 is 1.00 bits per heavy atom. The first-order valence-electron chi connectivity index (χ1n) is 6.30. The van der Waals surface area contributed by atoms with E-state index >= 15 is 0 Å². The van der Waals surface area contributed by atoms with Crippen LogP contribution in [-0.4, -0.2) is 23.1 Å². The molecule has 0 atom stereocenters. The average Bonchev–Trinajstić information content (AvgIpc) is 2.39. The average molecular weight is 229 g/mol. The number of rotatable bonds is 4. The molecule has 0 saturated carbocycles. The van der Waals surface area contributed by atoms with Crippen molar-refractivity contribution in [1.82, 2.24) is 9.97 Å². The minimum absolute atomic E-state index is 0.874. The van der Waals surface area contributed by atoms with Gasteiger partial charge < -0.3 is 4.90 Å². The number of hydrogen-bond donors (Lipinski definition) is 0. The van der Waals surface area contributed by atoms with Gasteiger partial charge >= 0.3 is 0 Å². The van der Waals surface area contributed by atoms with E-state index in [9.17, 15) is 0 Å². The van der Waals surface area contributed by atoms with Crippen molar-refractivity contribution in [2.75, 3.05) is 18.0 Å². The van der Waals surface area contributed by atoms with Crippen molar-refractivity contribution in [2.24, 2.45) is 0 Å². The largest absolute Gasteiger partial charge is 0.357 e. The van der Waals surface area contributed by atoms with E-state index in [-0.39, 0.29) is 0 Å². The molecule has 0 N–H and O–H groups in total. The lowest BCUT2D eigenvalue weighted by Gasteiger charge is -2.21. The Labute approximate surface area is 103 Å². The highest BCUT2D eigenvalue weighted by atomic mass is 15.2. The molecule has 0 saturated heterocycles. The van der Waals surface area contributed by atoms with Crippen LogP contribution in [0.4, 0.5) is 5.82 Å². The molecule has 90 valence electrons. The van der Waals surface area contributed by atoms with E-state index in [0.29, 0.717) is 0 Å². The minimum atomic E-state index is 0.874. The number of fused-ring (bicyclic) bond motifs is 1. The summed E-state index contributed by atoms with van der Waals surface area (Å²) in [4.78, 5) is 11.5. The minimum Gasteiger partial charge on any atom is -0.357 e. The quantitative estimate of drug-likeness (QED) is 0.807. The molecule has 0 unspecified atom stereocenters. The first kappa shape index (κ1) is 11.8. The first-order chi connectivity index (χ1) is 8.30. The third-order valence-electron chi connectivity index (χ3n) is 3.01. The Kier molecular flexibility index (Phi) is 3.57. The highest BCUT2D eigenvalue weighted by molar-refractivity contribution is 5.89. The lowest BCUT2D eigenvalue weighted by Crippen LogP contribution is -2.24. The van der Waals surface area contributed by atoms with E-state index in [2.05, 4.69) is 47.8 Å². The Balaban J connectivity index is 2.65. The van der Waals surface area contributed by atoms with Crippen LogP contribution in [0.3, 0.4) is 0 Å². The standard InChI is InChI=1S/C14H19N3/c1-4-13-15-12-10-8-7-9-11(12)14(16-13)17(5-2)6-3/h7-10H,4-6H2,1-3H3. The predicted molar refractivity (Wildman–Crippen MR) is 72.5 cm³/mol. The second-order valence-corrected chi connectivity index (χ2v) is 4.01. The normalized spacial score (nSPS) is 10.8. The Hall–Kier alpha value is -1.64. The fraction of sp³-hybridized carbons (Fsp3) is 0.429. The van der Waals surface area contributed by atoms with Crippen molar-refractivity contribution < 1.29 is 0 Å². The van der Waals surface area contributed by atoms with Crippen LogP contribution in [0.25, 0.3) is 10.9 Å². The SMILES string of the molecule is CCc1nc(N(CC)CC)c2ccccc2n1. The number of para-hydroxylation sites is 1. The molecule has 1 aromatic heterocycles. The fourth-order valence-electron chi connectivity index (χ4n) is 2.03. The van der Waals surface area contributed by atoms with E-state index in [1.54, 1.807) is 0 Å². The van der Waals surface area contributed by atoms with E-state index < -0.39 is 0 Å². The van der Waals surface area contributed by atoms with E-state index in [1.807, 2.05) is 12.1 Å². The van der Waals surface area contributed by atoms with Gasteiger partial charge in [0.1, 0.15) is 11.6 Å². The number of benzene rings is 1. The Morgan fingerprint density at radius 3 is 2.35 bits per heavy atom. The van der Waals surface area contributed by atoms with Crippen LogP contribution in [-0.2, 0) is 6.42 Å². The lowest BCUT2D eigenvalue weighted by molar-refractivity contribution is 0.833. The Bertz CT molecular complexity index is 504. The summed E-state index contributed by atoms with van der Waals surface area (Å²) in [6.07, 6.45) is 0.874. The molecule has 3 nitrogen and oxygen atoms in total. The predicted octanol–water partition coefficient (Wildman–Crippen LogP) is 3.04. The molecule has 2 rings (SSSR count). The van der Waals surface area contributed by atoms with Gasteiger partial charge in [-0.2, -0.15) is 0 Å².